The third-order valence-electron chi connectivity index (χ3n) is 6.08. The van der Waals surface area contributed by atoms with Crippen LogP contribution in [0.1, 0.15) is 39.0 Å². The zero-order chi connectivity index (χ0) is 22.2. The Bertz CT molecular complexity index is 1010. The molecule has 1 atom stereocenters. The molecule has 1 saturated heterocycles. The summed E-state index contributed by atoms with van der Waals surface area (Å²) in [4.78, 5) is 41.9. The lowest BCUT2D eigenvalue weighted by Gasteiger charge is -2.40. The van der Waals surface area contributed by atoms with E-state index in [-0.39, 0.29) is 30.0 Å². The van der Waals surface area contributed by atoms with Gasteiger partial charge in [-0.25, -0.2) is 0 Å². The van der Waals surface area contributed by atoms with Gasteiger partial charge in [-0.05, 0) is 19.4 Å². The number of benzene rings is 1. The Morgan fingerprint density at radius 2 is 1.87 bits per heavy atom. The number of amides is 3. The van der Waals surface area contributed by atoms with Crippen LogP contribution in [-0.4, -0.2) is 76.2 Å². The molecule has 1 fully saturated rings. The van der Waals surface area contributed by atoms with Crippen molar-refractivity contribution in [2.24, 2.45) is 0 Å². The van der Waals surface area contributed by atoms with Crippen LogP contribution in [-0.2, 0) is 22.6 Å². The number of carbonyl (C=O) groups is 3. The first kappa shape index (κ1) is 21.0. The predicted molar refractivity (Wildman–Crippen MR) is 112 cm³/mol. The summed E-state index contributed by atoms with van der Waals surface area (Å²) in [5.74, 6) is -0.843. The Kier molecular flexibility index (Phi) is 5.53. The van der Waals surface area contributed by atoms with Gasteiger partial charge >= 0.3 is 0 Å². The molecule has 0 spiro atoms. The number of likely N-dealkylation sites (N-methyl/N-ethyl adjacent to an activating group) is 1. The number of hydrogen-bond donors (Lipinski definition) is 1. The van der Waals surface area contributed by atoms with Gasteiger partial charge in [0.05, 0.1) is 19.8 Å². The van der Waals surface area contributed by atoms with Crippen LogP contribution < -0.4 is 5.32 Å². The van der Waals surface area contributed by atoms with Crippen molar-refractivity contribution in [1.29, 1.82) is 0 Å². The summed E-state index contributed by atoms with van der Waals surface area (Å²) in [6.07, 6.45) is 0. The van der Waals surface area contributed by atoms with E-state index in [0.29, 0.717) is 38.5 Å². The minimum Gasteiger partial charge on any atom is -0.378 e. The van der Waals surface area contributed by atoms with E-state index in [2.05, 4.69) is 10.4 Å². The highest BCUT2D eigenvalue weighted by Crippen LogP contribution is 2.26. The third-order valence-corrected chi connectivity index (χ3v) is 6.08. The number of aromatic nitrogens is 2. The molecule has 1 aromatic heterocycles. The third kappa shape index (κ3) is 3.93. The summed E-state index contributed by atoms with van der Waals surface area (Å²) in [7, 11) is 1.60. The Morgan fingerprint density at radius 1 is 1.19 bits per heavy atom. The van der Waals surface area contributed by atoms with Crippen LogP contribution in [0.15, 0.2) is 30.3 Å². The van der Waals surface area contributed by atoms with E-state index >= 15 is 0 Å². The Hall–Kier alpha value is -3.20. The highest BCUT2D eigenvalue weighted by molar-refractivity contribution is 6.01. The monoisotopic (exact) mass is 425 g/mol. The first-order valence-electron chi connectivity index (χ1n) is 10.4. The molecule has 2 aliphatic heterocycles. The van der Waals surface area contributed by atoms with Crippen molar-refractivity contribution < 1.29 is 19.1 Å². The molecule has 0 aliphatic carbocycles. The fraction of sp³-hybridized carbons (Fsp3) is 0.455. The van der Waals surface area contributed by atoms with Gasteiger partial charge in [-0.2, -0.15) is 5.10 Å². The van der Waals surface area contributed by atoms with E-state index in [1.165, 1.54) is 15.6 Å². The van der Waals surface area contributed by atoms with Gasteiger partial charge in [-0.3, -0.25) is 19.1 Å². The number of nitrogens with one attached hydrogen (secondary N) is 1. The Morgan fingerprint density at radius 3 is 2.55 bits per heavy atom. The SMILES string of the molecule is Cc1ccc(CNC(=O)C2(C)Cn3nc(C(=O)N4CCOCC4)cc3C(=O)N2C)cc1. The summed E-state index contributed by atoms with van der Waals surface area (Å²) in [6, 6.07) is 9.41. The maximum atomic E-state index is 13.1. The van der Waals surface area contributed by atoms with Gasteiger partial charge in [0.1, 0.15) is 11.2 Å². The van der Waals surface area contributed by atoms with Crippen LogP contribution in [0, 0.1) is 6.92 Å². The van der Waals surface area contributed by atoms with Crippen LogP contribution in [0.2, 0.25) is 0 Å². The second-order valence-electron chi connectivity index (χ2n) is 8.28. The van der Waals surface area contributed by atoms with Crippen molar-refractivity contribution in [2.75, 3.05) is 33.4 Å². The molecule has 4 rings (SSSR count). The van der Waals surface area contributed by atoms with E-state index in [9.17, 15) is 14.4 Å². The average Bonchev–Trinajstić information content (AvgIpc) is 3.20. The lowest BCUT2D eigenvalue weighted by Crippen LogP contribution is -2.62. The van der Waals surface area contributed by atoms with Crippen LogP contribution in [0.3, 0.4) is 0 Å². The highest BCUT2D eigenvalue weighted by atomic mass is 16.5. The van der Waals surface area contributed by atoms with E-state index in [0.717, 1.165) is 11.1 Å². The van der Waals surface area contributed by atoms with Crippen molar-refractivity contribution in [3.63, 3.8) is 0 Å². The molecule has 9 heteroatoms. The topological polar surface area (TPSA) is 96.8 Å². The molecular formula is C22H27N5O4. The highest BCUT2D eigenvalue weighted by Gasteiger charge is 2.46. The van der Waals surface area contributed by atoms with Crippen molar-refractivity contribution in [3.05, 3.63) is 52.8 Å². The number of aryl methyl sites for hydroxylation is 1. The minimum absolute atomic E-state index is 0.167. The van der Waals surface area contributed by atoms with Gasteiger partial charge in [-0.1, -0.05) is 29.8 Å². The number of ether oxygens (including phenoxy) is 1. The molecule has 2 aliphatic rings. The summed E-state index contributed by atoms with van der Waals surface area (Å²) < 4.78 is 6.76. The number of hydrogen-bond acceptors (Lipinski definition) is 5. The maximum Gasteiger partial charge on any atom is 0.274 e. The smallest absolute Gasteiger partial charge is 0.274 e. The molecule has 3 amide bonds. The quantitative estimate of drug-likeness (QED) is 0.783. The number of nitrogens with zero attached hydrogens (tertiary/aromatic N) is 4. The number of morpholine rings is 1. The summed E-state index contributed by atoms with van der Waals surface area (Å²) in [6.45, 7) is 6.21. The molecule has 9 nitrogen and oxygen atoms in total. The molecule has 1 N–H and O–H groups in total. The molecule has 164 valence electrons. The second-order valence-corrected chi connectivity index (χ2v) is 8.28. The van der Waals surface area contributed by atoms with Crippen LogP contribution in [0.4, 0.5) is 0 Å². The first-order chi connectivity index (χ1) is 14.8. The van der Waals surface area contributed by atoms with Crippen LogP contribution in [0.5, 0.6) is 0 Å². The van der Waals surface area contributed by atoms with E-state index < -0.39 is 5.54 Å². The molecule has 0 saturated carbocycles. The van der Waals surface area contributed by atoms with Gasteiger partial charge in [0.2, 0.25) is 5.91 Å². The van der Waals surface area contributed by atoms with Crippen molar-refractivity contribution in [3.8, 4) is 0 Å². The summed E-state index contributed by atoms with van der Waals surface area (Å²) >= 11 is 0. The lowest BCUT2D eigenvalue weighted by molar-refractivity contribution is -0.132. The van der Waals surface area contributed by atoms with Crippen molar-refractivity contribution in [2.45, 2.75) is 32.5 Å². The molecule has 0 bridgehead atoms. The van der Waals surface area contributed by atoms with E-state index in [1.807, 2.05) is 31.2 Å². The molecular weight excluding hydrogens is 398 g/mol. The summed E-state index contributed by atoms with van der Waals surface area (Å²) in [5.41, 5.74) is 1.52. The number of rotatable bonds is 4. The van der Waals surface area contributed by atoms with Crippen LogP contribution >= 0.6 is 0 Å². The predicted octanol–water partition coefficient (Wildman–Crippen LogP) is 0.825. The standard InChI is InChI=1S/C22H27N5O4/c1-15-4-6-16(7-5-15)13-23-21(30)22(2)14-27-18(20(29)25(22)3)12-17(24-27)19(28)26-8-10-31-11-9-26/h4-7,12H,8-11,13-14H2,1-3H3,(H,23,30). The first-order valence-corrected chi connectivity index (χ1v) is 10.4. The molecule has 1 unspecified atom stereocenters. The zero-order valence-electron chi connectivity index (χ0n) is 18.1. The molecule has 2 aromatic rings. The average molecular weight is 425 g/mol. The lowest BCUT2D eigenvalue weighted by atomic mass is 9.95. The van der Waals surface area contributed by atoms with Gasteiger partial charge in [-0.15, -0.1) is 0 Å². The largest absolute Gasteiger partial charge is 0.378 e. The Balaban J connectivity index is 1.51. The second kappa shape index (κ2) is 8.14. The van der Waals surface area contributed by atoms with Gasteiger partial charge in [0, 0.05) is 32.7 Å². The molecule has 1 aromatic carbocycles. The maximum absolute atomic E-state index is 13.1. The fourth-order valence-electron chi connectivity index (χ4n) is 3.84. The molecule has 3 heterocycles. The van der Waals surface area contributed by atoms with Gasteiger partial charge in [0.25, 0.3) is 11.8 Å². The number of fused-ring (bicyclic) bond motifs is 1. The molecule has 0 radical (unpaired) electrons. The fourth-order valence-corrected chi connectivity index (χ4v) is 3.84. The van der Waals surface area contributed by atoms with E-state index in [1.54, 1.807) is 18.9 Å². The molecule has 31 heavy (non-hydrogen) atoms. The van der Waals surface area contributed by atoms with Crippen molar-refractivity contribution in [1.82, 2.24) is 24.9 Å². The zero-order valence-corrected chi connectivity index (χ0v) is 18.1. The Labute approximate surface area is 180 Å². The van der Waals surface area contributed by atoms with Crippen molar-refractivity contribution >= 4 is 17.7 Å². The summed E-state index contributed by atoms with van der Waals surface area (Å²) in [5, 5.41) is 7.30. The van der Waals surface area contributed by atoms with E-state index in [4.69, 9.17) is 4.74 Å². The minimum atomic E-state index is -1.12. The number of carbonyl (C=O) groups excluding carboxylic acids is 3. The van der Waals surface area contributed by atoms with Gasteiger partial charge < -0.3 is 19.9 Å². The van der Waals surface area contributed by atoms with Gasteiger partial charge in [0.15, 0.2) is 5.69 Å². The normalized spacial score (nSPS) is 21.1. The van der Waals surface area contributed by atoms with Crippen LogP contribution in [0.25, 0.3) is 0 Å².